The lowest BCUT2D eigenvalue weighted by Crippen LogP contribution is -2.14. The minimum Gasteiger partial charge on any atom is -0.491 e. The number of carbonyl (C=O) groups is 2. The summed E-state index contributed by atoms with van der Waals surface area (Å²) in [4.78, 5) is 25.3. The first kappa shape index (κ1) is 22.1. The first-order valence-corrected chi connectivity index (χ1v) is 10.9. The Balaban J connectivity index is 1.43. The topological polar surface area (TPSA) is 80.6 Å². The summed E-state index contributed by atoms with van der Waals surface area (Å²) in [6.07, 6.45) is 0.961. The van der Waals surface area contributed by atoms with Gasteiger partial charge >= 0.3 is 0 Å². The van der Waals surface area contributed by atoms with E-state index in [0.717, 1.165) is 17.4 Å². The number of nitrogens with one attached hydrogen (secondary N) is 2. The highest BCUT2D eigenvalue weighted by atomic mass is 16.5. The standard InChI is InChI=1S/C27H26N2O4/c1-4-18(3)32-22-10-7-9-20(15-22)26(30)28-21-12-13-23(17(2)14-21)29-27(31)25-16-19-8-5-6-11-24(19)33-25/h5-16,18H,4H2,1-3H3,(H,28,30)(H,29,31)/t18-/m1/s1. The minimum atomic E-state index is -0.329. The third-order valence-electron chi connectivity index (χ3n) is 5.39. The maximum absolute atomic E-state index is 12.7. The van der Waals surface area contributed by atoms with E-state index in [9.17, 15) is 9.59 Å². The number of ether oxygens (including phenoxy) is 1. The fourth-order valence-corrected chi connectivity index (χ4v) is 3.39. The summed E-state index contributed by atoms with van der Waals surface area (Å²) in [7, 11) is 0. The van der Waals surface area contributed by atoms with Gasteiger partial charge in [-0.25, -0.2) is 0 Å². The molecule has 0 saturated heterocycles. The lowest BCUT2D eigenvalue weighted by molar-refractivity contribution is 0.0996. The lowest BCUT2D eigenvalue weighted by Gasteiger charge is -2.14. The second-order valence-electron chi connectivity index (χ2n) is 7.95. The van der Waals surface area contributed by atoms with E-state index in [0.29, 0.717) is 28.3 Å². The van der Waals surface area contributed by atoms with E-state index in [4.69, 9.17) is 9.15 Å². The molecule has 3 aromatic carbocycles. The maximum Gasteiger partial charge on any atom is 0.291 e. The molecule has 0 radical (unpaired) electrons. The van der Waals surface area contributed by atoms with Crippen LogP contribution in [-0.4, -0.2) is 17.9 Å². The smallest absolute Gasteiger partial charge is 0.291 e. The van der Waals surface area contributed by atoms with Crippen LogP contribution in [0.2, 0.25) is 0 Å². The average Bonchev–Trinajstić information content (AvgIpc) is 3.25. The van der Waals surface area contributed by atoms with Crippen molar-refractivity contribution in [1.82, 2.24) is 0 Å². The number of aryl methyl sites for hydroxylation is 1. The van der Waals surface area contributed by atoms with Crippen molar-refractivity contribution in [3.63, 3.8) is 0 Å². The second-order valence-corrected chi connectivity index (χ2v) is 7.95. The number of carbonyl (C=O) groups excluding carboxylic acids is 2. The summed E-state index contributed by atoms with van der Waals surface area (Å²) < 4.78 is 11.4. The van der Waals surface area contributed by atoms with Crippen molar-refractivity contribution in [1.29, 1.82) is 0 Å². The molecule has 0 spiro atoms. The van der Waals surface area contributed by atoms with Gasteiger partial charge in [0.25, 0.3) is 11.8 Å². The number of para-hydroxylation sites is 1. The highest BCUT2D eigenvalue weighted by Gasteiger charge is 2.14. The molecule has 0 aliphatic carbocycles. The molecule has 0 aliphatic heterocycles. The molecular formula is C27H26N2O4. The highest BCUT2D eigenvalue weighted by Crippen LogP contribution is 2.24. The summed E-state index contributed by atoms with van der Waals surface area (Å²) in [5.74, 6) is 0.344. The monoisotopic (exact) mass is 442 g/mol. The first-order valence-electron chi connectivity index (χ1n) is 10.9. The van der Waals surface area contributed by atoms with Gasteiger partial charge in [-0.3, -0.25) is 9.59 Å². The molecule has 2 N–H and O–H groups in total. The number of furan rings is 1. The van der Waals surface area contributed by atoms with Crippen molar-refractivity contribution in [2.75, 3.05) is 10.6 Å². The number of hydrogen-bond donors (Lipinski definition) is 2. The predicted octanol–water partition coefficient (Wildman–Crippen LogP) is 6.42. The molecule has 0 aliphatic rings. The summed E-state index contributed by atoms with van der Waals surface area (Å²) in [6, 6.07) is 21.6. The van der Waals surface area contributed by atoms with Crippen molar-refractivity contribution in [2.45, 2.75) is 33.3 Å². The van der Waals surface area contributed by atoms with Gasteiger partial charge in [-0.1, -0.05) is 31.2 Å². The SMILES string of the molecule is CC[C@@H](C)Oc1cccc(C(=O)Nc2ccc(NC(=O)c3cc4ccccc4o3)c(C)c2)c1. The fourth-order valence-electron chi connectivity index (χ4n) is 3.39. The van der Waals surface area contributed by atoms with E-state index in [1.807, 2.05) is 57.2 Å². The van der Waals surface area contributed by atoms with E-state index in [2.05, 4.69) is 10.6 Å². The Labute approximate surface area is 192 Å². The quantitative estimate of drug-likeness (QED) is 0.346. The molecule has 33 heavy (non-hydrogen) atoms. The van der Waals surface area contributed by atoms with Crippen molar-refractivity contribution >= 4 is 34.2 Å². The van der Waals surface area contributed by atoms with Crippen molar-refractivity contribution in [3.05, 3.63) is 89.7 Å². The van der Waals surface area contributed by atoms with Crippen LogP contribution in [0.1, 0.15) is 46.7 Å². The number of amides is 2. The predicted molar refractivity (Wildman–Crippen MR) is 130 cm³/mol. The van der Waals surface area contributed by atoms with Crippen LogP contribution in [0.5, 0.6) is 5.75 Å². The number of fused-ring (bicyclic) bond motifs is 1. The molecule has 0 saturated carbocycles. The third-order valence-corrected chi connectivity index (χ3v) is 5.39. The van der Waals surface area contributed by atoms with Crippen LogP contribution in [0.25, 0.3) is 11.0 Å². The molecule has 6 nitrogen and oxygen atoms in total. The Morgan fingerprint density at radius 1 is 0.939 bits per heavy atom. The number of rotatable bonds is 7. The lowest BCUT2D eigenvalue weighted by atomic mass is 10.1. The average molecular weight is 443 g/mol. The van der Waals surface area contributed by atoms with Crippen molar-refractivity contribution in [2.24, 2.45) is 0 Å². The second kappa shape index (κ2) is 9.61. The van der Waals surface area contributed by atoms with Crippen molar-refractivity contribution < 1.29 is 18.7 Å². The van der Waals surface area contributed by atoms with Crippen LogP contribution < -0.4 is 15.4 Å². The molecule has 1 atom stereocenters. The molecule has 6 heteroatoms. The largest absolute Gasteiger partial charge is 0.491 e. The number of anilines is 2. The van der Waals surface area contributed by atoms with E-state index < -0.39 is 0 Å². The zero-order chi connectivity index (χ0) is 23.4. The van der Waals surface area contributed by atoms with Gasteiger partial charge in [-0.2, -0.15) is 0 Å². The van der Waals surface area contributed by atoms with Gasteiger partial charge in [0.1, 0.15) is 11.3 Å². The Morgan fingerprint density at radius 2 is 1.76 bits per heavy atom. The summed E-state index contributed by atoms with van der Waals surface area (Å²) in [5.41, 5.74) is 3.26. The van der Waals surface area contributed by atoms with Crippen LogP contribution in [0.15, 0.2) is 77.2 Å². The molecule has 0 bridgehead atoms. The van der Waals surface area contributed by atoms with Gasteiger partial charge in [-0.15, -0.1) is 0 Å². The van der Waals surface area contributed by atoms with Gasteiger partial charge in [0.2, 0.25) is 0 Å². The fraction of sp³-hybridized carbons (Fsp3) is 0.185. The highest BCUT2D eigenvalue weighted by molar-refractivity contribution is 6.06. The van der Waals surface area contributed by atoms with Gasteiger partial charge < -0.3 is 19.8 Å². The molecular weight excluding hydrogens is 416 g/mol. The molecule has 4 rings (SSSR count). The van der Waals surface area contributed by atoms with Crippen LogP contribution in [-0.2, 0) is 0 Å². The minimum absolute atomic E-state index is 0.0771. The van der Waals surface area contributed by atoms with Crippen LogP contribution in [0.3, 0.4) is 0 Å². The third kappa shape index (κ3) is 5.23. The molecule has 168 valence electrons. The normalized spacial score (nSPS) is 11.7. The first-order chi connectivity index (χ1) is 15.9. The van der Waals surface area contributed by atoms with Crippen LogP contribution in [0, 0.1) is 6.92 Å². The summed E-state index contributed by atoms with van der Waals surface area (Å²) in [6.45, 7) is 5.90. The van der Waals surface area contributed by atoms with Crippen molar-refractivity contribution in [3.8, 4) is 5.75 Å². The molecule has 0 unspecified atom stereocenters. The Bertz CT molecular complexity index is 1280. The molecule has 4 aromatic rings. The zero-order valence-corrected chi connectivity index (χ0v) is 18.8. The Kier molecular flexibility index (Phi) is 6.45. The summed E-state index contributed by atoms with van der Waals surface area (Å²) >= 11 is 0. The van der Waals surface area contributed by atoms with Gasteiger partial charge in [-0.05, 0) is 74.4 Å². The molecule has 1 aromatic heterocycles. The Hall–Kier alpha value is -4.06. The van der Waals surface area contributed by atoms with Gasteiger partial charge in [0, 0.05) is 22.3 Å². The molecule has 1 heterocycles. The molecule has 2 amide bonds. The maximum atomic E-state index is 12.7. The van der Waals surface area contributed by atoms with E-state index in [1.165, 1.54) is 0 Å². The zero-order valence-electron chi connectivity index (χ0n) is 18.8. The van der Waals surface area contributed by atoms with Crippen LogP contribution in [0.4, 0.5) is 11.4 Å². The van der Waals surface area contributed by atoms with E-state index in [-0.39, 0.29) is 23.7 Å². The van der Waals surface area contributed by atoms with E-state index in [1.54, 1.807) is 36.4 Å². The molecule has 0 fully saturated rings. The van der Waals surface area contributed by atoms with E-state index >= 15 is 0 Å². The Morgan fingerprint density at radius 3 is 2.52 bits per heavy atom. The van der Waals surface area contributed by atoms with Gasteiger partial charge in [0.05, 0.1) is 6.10 Å². The van der Waals surface area contributed by atoms with Gasteiger partial charge in [0.15, 0.2) is 5.76 Å². The number of hydrogen-bond acceptors (Lipinski definition) is 4. The van der Waals surface area contributed by atoms with Crippen LogP contribution >= 0.6 is 0 Å². The summed E-state index contributed by atoms with van der Waals surface area (Å²) in [5, 5.41) is 6.64. The number of benzene rings is 3.